The molecule has 0 spiro atoms. The van der Waals surface area contributed by atoms with Gasteiger partial charge < -0.3 is 20.5 Å². The lowest BCUT2D eigenvalue weighted by Crippen LogP contribution is -2.47. The zero-order chi connectivity index (χ0) is 26.0. The van der Waals surface area contributed by atoms with E-state index in [0.717, 1.165) is 16.7 Å². The van der Waals surface area contributed by atoms with Crippen molar-refractivity contribution in [1.82, 2.24) is 10.6 Å². The third kappa shape index (κ3) is 6.94. The molecule has 0 aliphatic carbocycles. The summed E-state index contributed by atoms with van der Waals surface area (Å²) in [5.74, 6) is -0.972. The van der Waals surface area contributed by atoms with Crippen molar-refractivity contribution in [3.05, 3.63) is 102 Å². The Morgan fingerprint density at radius 2 is 1.62 bits per heavy atom. The van der Waals surface area contributed by atoms with Crippen LogP contribution in [0, 0.1) is 11.3 Å². The molecular weight excluding hydrogens is 468 g/mol. The molecule has 1 aliphatic heterocycles. The number of rotatable bonds is 9. The zero-order valence-corrected chi connectivity index (χ0v) is 20.3. The van der Waals surface area contributed by atoms with Gasteiger partial charge in [0, 0.05) is 18.2 Å². The van der Waals surface area contributed by atoms with Gasteiger partial charge in [0.2, 0.25) is 5.91 Å². The van der Waals surface area contributed by atoms with E-state index in [-0.39, 0.29) is 12.1 Å². The number of carbonyl (C=O) groups is 2. The van der Waals surface area contributed by atoms with Crippen molar-refractivity contribution in [2.45, 2.75) is 36.9 Å². The molecule has 3 atom stereocenters. The van der Waals surface area contributed by atoms with Gasteiger partial charge in [-0.3, -0.25) is 10.1 Å². The molecule has 37 heavy (non-hydrogen) atoms. The number of aryl methyl sites for hydroxylation is 1. The fraction of sp³-hybridized carbons (Fsp3) is 0.276. The van der Waals surface area contributed by atoms with Gasteiger partial charge in [-0.25, -0.2) is 4.79 Å². The van der Waals surface area contributed by atoms with Crippen molar-refractivity contribution in [1.29, 1.82) is 5.26 Å². The molecule has 4 rings (SSSR count). The number of hydrogen-bond acceptors (Lipinski definition) is 5. The molecule has 3 aromatic carbocycles. The van der Waals surface area contributed by atoms with Gasteiger partial charge in [-0.2, -0.15) is 5.26 Å². The highest BCUT2D eigenvalue weighted by Gasteiger charge is 2.33. The first-order valence-electron chi connectivity index (χ1n) is 12.3. The number of benzene rings is 3. The van der Waals surface area contributed by atoms with Gasteiger partial charge >= 0.3 is 6.09 Å². The number of carboxylic acid groups (broad SMARTS) is 1. The Morgan fingerprint density at radius 1 is 1.00 bits per heavy atom. The lowest BCUT2D eigenvalue weighted by molar-refractivity contribution is -0.118. The van der Waals surface area contributed by atoms with E-state index in [1.165, 1.54) is 0 Å². The number of anilines is 1. The number of nitrogens with one attached hydrogen (secondary N) is 3. The van der Waals surface area contributed by atoms with Crippen LogP contribution in [0.4, 0.5) is 10.5 Å². The number of amides is 2. The molecule has 1 aliphatic rings. The molecule has 0 radical (unpaired) electrons. The first kappa shape index (κ1) is 25.9. The molecular formula is C29H30N4O4. The van der Waals surface area contributed by atoms with Crippen molar-refractivity contribution >= 4 is 17.7 Å². The van der Waals surface area contributed by atoms with Crippen LogP contribution in [0.25, 0.3) is 0 Å². The monoisotopic (exact) mass is 498 g/mol. The molecule has 4 N–H and O–H groups in total. The molecule has 8 nitrogen and oxygen atoms in total. The van der Waals surface area contributed by atoms with E-state index < -0.39 is 24.0 Å². The van der Waals surface area contributed by atoms with E-state index in [2.05, 4.69) is 22.0 Å². The van der Waals surface area contributed by atoms with Crippen molar-refractivity contribution in [2.24, 2.45) is 0 Å². The molecule has 0 unspecified atom stereocenters. The molecule has 8 heteroatoms. The van der Waals surface area contributed by atoms with Gasteiger partial charge in [0.05, 0.1) is 18.8 Å². The molecule has 1 saturated heterocycles. The largest absolute Gasteiger partial charge is 0.465 e. The minimum absolute atomic E-state index is 0.0321. The predicted octanol–water partition coefficient (Wildman–Crippen LogP) is 3.91. The number of carbonyl (C=O) groups excluding carboxylic acids is 1. The van der Waals surface area contributed by atoms with Gasteiger partial charge in [-0.15, -0.1) is 0 Å². The maximum atomic E-state index is 13.7. The number of hydrogen-bond donors (Lipinski definition) is 4. The van der Waals surface area contributed by atoms with Gasteiger partial charge in [0.25, 0.3) is 0 Å². The Labute approximate surface area is 216 Å². The van der Waals surface area contributed by atoms with Crippen LogP contribution in [0.15, 0.2) is 84.9 Å². The highest BCUT2D eigenvalue weighted by molar-refractivity contribution is 5.98. The molecule has 1 fully saturated rings. The molecule has 190 valence electrons. The number of para-hydroxylation sites is 1. The lowest BCUT2D eigenvalue weighted by atomic mass is 9.84. The van der Waals surface area contributed by atoms with E-state index >= 15 is 0 Å². The Morgan fingerprint density at radius 3 is 2.19 bits per heavy atom. The van der Waals surface area contributed by atoms with Gasteiger partial charge in [0.1, 0.15) is 12.1 Å². The number of nitriles is 1. The summed E-state index contributed by atoms with van der Waals surface area (Å²) in [5, 5.41) is 27.2. The second-order valence-corrected chi connectivity index (χ2v) is 8.96. The molecule has 0 saturated carbocycles. The van der Waals surface area contributed by atoms with Crippen LogP contribution in [-0.2, 0) is 16.0 Å². The first-order valence-corrected chi connectivity index (χ1v) is 12.3. The van der Waals surface area contributed by atoms with Gasteiger partial charge in [-0.05, 0) is 35.6 Å². The Balaban J connectivity index is 1.55. The molecule has 2 amide bonds. The quantitative estimate of drug-likeness (QED) is 0.355. The molecule has 0 aromatic heterocycles. The normalized spacial score (nSPS) is 17.9. The van der Waals surface area contributed by atoms with Gasteiger partial charge in [0.15, 0.2) is 0 Å². The minimum Gasteiger partial charge on any atom is -0.465 e. The third-order valence-electron chi connectivity index (χ3n) is 6.47. The fourth-order valence-corrected chi connectivity index (χ4v) is 4.61. The number of nitrogens with zero attached hydrogens (tertiary/aromatic N) is 1. The Bertz CT molecular complexity index is 1180. The minimum atomic E-state index is -1.28. The van der Waals surface area contributed by atoms with Crippen LogP contribution in [0.5, 0.6) is 0 Å². The highest BCUT2D eigenvalue weighted by atomic mass is 16.5. The van der Waals surface area contributed by atoms with E-state index in [1.807, 2.05) is 84.9 Å². The van der Waals surface area contributed by atoms with Crippen LogP contribution in [0.2, 0.25) is 0 Å². The van der Waals surface area contributed by atoms with E-state index in [4.69, 9.17) is 10.00 Å². The van der Waals surface area contributed by atoms with Crippen LogP contribution in [0.1, 0.15) is 29.0 Å². The summed E-state index contributed by atoms with van der Waals surface area (Å²) >= 11 is 0. The summed E-state index contributed by atoms with van der Waals surface area (Å²) in [6.45, 7) is 0.940. The zero-order valence-electron chi connectivity index (χ0n) is 20.3. The maximum Gasteiger partial charge on any atom is 0.405 e. The average molecular weight is 499 g/mol. The predicted molar refractivity (Wildman–Crippen MR) is 140 cm³/mol. The summed E-state index contributed by atoms with van der Waals surface area (Å²) in [6.07, 6.45) is 0.0572. The lowest BCUT2D eigenvalue weighted by Gasteiger charge is -2.28. The van der Waals surface area contributed by atoms with Crippen LogP contribution in [-0.4, -0.2) is 48.4 Å². The second-order valence-electron chi connectivity index (χ2n) is 8.96. The second kappa shape index (κ2) is 12.7. The maximum absolute atomic E-state index is 13.7. The SMILES string of the molecule is N#C[C@@H]1CO[C@H](CCc2ccccc2NC(=O)[C@@H](NC(=O)O)C(c2ccccc2)c2ccccc2)CN1. The van der Waals surface area contributed by atoms with E-state index in [9.17, 15) is 14.7 Å². The molecule has 0 bridgehead atoms. The summed E-state index contributed by atoms with van der Waals surface area (Å²) in [5.41, 5.74) is 3.21. The first-order chi connectivity index (χ1) is 18.0. The number of ether oxygens (including phenoxy) is 1. The van der Waals surface area contributed by atoms with Crippen LogP contribution < -0.4 is 16.0 Å². The topological polar surface area (TPSA) is 123 Å². The molecule has 1 heterocycles. The summed E-state index contributed by atoms with van der Waals surface area (Å²) in [6, 6.07) is 27.1. The van der Waals surface area contributed by atoms with Crippen LogP contribution in [0.3, 0.4) is 0 Å². The van der Waals surface area contributed by atoms with Crippen molar-refractivity contribution in [2.75, 3.05) is 18.5 Å². The van der Waals surface area contributed by atoms with Crippen molar-refractivity contribution in [3.63, 3.8) is 0 Å². The van der Waals surface area contributed by atoms with Gasteiger partial charge in [-0.1, -0.05) is 78.9 Å². The summed E-state index contributed by atoms with van der Waals surface area (Å²) in [7, 11) is 0. The average Bonchev–Trinajstić information content (AvgIpc) is 2.93. The van der Waals surface area contributed by atoms with Crippen LogP contribution >= 0.6 is 0 Å². The molecule has 3 aromatic rings. The van der Waals surface area contributed by atoms with E-state index in [0.29, 0.717) is 31.7 Å². The third-order valence-corrected chi connectivity index (χ3v) is 6.47. The summed E-state index contributed by atoms with van der Waals surface area (Å²) in [4.78, 5) is 25.5. The van der Waals surface area contributed by atoms with E-state index in [1.54, 1.807) is 0 Å². The fourth-order valence-electron chi connectivity index (χ4n) is 4.61. The van der Waals surface area contributed by atoms with Crippen molar-refractivity contribution < 1.29 is 19.4 Å². The smallest absolute Gasteiger partial charge is 0.405 e. The Hall–Kier alpha value is -4.19. The highest BCUT2D eigenvalue weighted by Crippen LogP contribution is 2.29. The summed E-state index contributed by atoms with van der Waals surface area (Å²) < 4.78 is 5.79. The number of morpholine rings is 1. The van der Waals surface area contributed by atoms with Crippen molar-refractivity contribution in [3.8, 4) is 6.07 Å². The standard InChI is InChI=1S/C29H30N4O4/c30-17-23-19-37-24(18-31-23)16-15-20-9-7-8-14-25(20)32-28(34)27(33-29(35)36)26(21-10-3-1-4-11-21)22-12-5-2-6-13-22/h1-14,23-24,26-27,31,33H,15-16,18-19H2,(H,32,34)(H,35,36)/t23-,24-,27+/m1/s1. The Kier molecular flexibility index (Phi) is 8.87.